The summed E-state index contributed by atoms with van der Waals surface area (Å²) in [4.78, 5) is 38.2. The standard InChI is InChI=1S/C11H10BrN3O3/c12-8-3-1-2-6(13-8)10(17)14-7-4-5-9(16)15-11(7)18/h1-3,7H,4-5H2,(H,14,17)(H,15,16,18). The molecular weight excluding hydrogens is 302 g/mol. The quantitative estimate of drug-likeness (QED) is 0.610. The zero-order valence-corrected chi connectivity index (χ0v) is 10.9. The average molecular weight is 312 g/mol. The lowest BCUT2D eigenvalue weighted by Crippen LogP contribution is -2.52. The van der Waals surface area contributed by atoms with Gasteiger partial charge in [-0.05, 0) is 34.5 Å². The SMILES string of the molecule is O=C1CCC(NC(=O)c2cccc(Br)n2)C(=O)N1. The van der Waals surface area contributed by atoms with E-state index >= 15 is 0 Å². The van der Waals surface area contributed by atoms with E-state index in [0.29, 0.717) is 11.0 Å². The Kier molecular flexibility index (Phi) is 3.71. The molecule has 0 spiro atoms. The molecule has 0 bridgehead atoms. The first-order valence-electron chi connectivity index (χ1n) is 5.33. The minimum atomic E-state index is -0.684. The highest BCUT2D eigenvalue weighted by atomic mass is 79.9. The molecule has 0 aliphatic carbocycles. The summed E-state index contributed by atoms with van der Waals surface area (Å²) in [5, 5.41) is 4.72. The van der Waals surface area contributed by atoms with Crippen LogP contribution in [-0.2, 0) is 9.59 Å². The Balaban J connectivity index is 2.03. The second-order valence-corrected chi connectivity index (χ2v) is 4.64. The van der Waals surface area contributed by atoms with Gasteiger partial charge in [0, 0.05) is 6.42 Å². The van der Waals surface area contributed by atoms with E-state index in [4.69, 9.17) is 0 Å². The van der Waals surface area contributed by atoms with Crippen LogP contribution in [0.25, 0.3) is 0 Å². The average Bonchev–Trinajstić information content (AvgIpc) is 2.32. The van der Waals surface area contributed by atoms with Crippen molar-refractivity contribution in [1.82, 2.24) is 15.6 Å². The Morgan fingerprint density at radius 2 is 2.22 bits per heavy atom. The van der Waals surface area contributed by atoms with Gasteiger partial charge in [-0.1, -0.05) is 6.07 Å². The summed E-state index contributed by atoms with van der Waals surface area (Å²) in [6, 6.07) is 4.24. The second kappa shape index (κ2) is 5.26. The van der Waals surface area contributed by atoms with Crippen molar-refractivity contribution in [2.75, 3.05) is 0 Å². The summed E-state index contributed by atoms with van der Waals surface area (Å²) in [6.07, 6.45) is 0.535. The number of carbonyl (C=O) groups excluding carboxylic acids is 3. The summed E-state index contributed by atoms with van der Waals surface area (Å²) in [5.41, 5.74) is 0.217. The normalized spacial score (nSPS) is 19.3. The van der Waals surface area contributed by atoms with Gasteiger partial charge in [0.15, 0.2) is 0 Å². The molecule has 1 saturated heterocycles. The predicted octanol–water partition coefficient (Wildman–Crippen LogP) is 0.379. The molecule has 0 aromatic carbocycles. The lowest BCUT2D eigenvalue weighted by molar-refractivity contribution is -0.134. The van der Waals surface area contributed by atoms with Crippen molar-refractivity contribution in [3.63, 3.8) is 0 Å². The van der Waals surface area contributed by atoms with Crippen molar-refractivity contribution in [3.05, 3.63) is 28.5 Å². The summed E-state index contributed by atoms with van der Waals surface area (Å²) in [7, 11) is 0. The Hall–Kier alpha value is -1.76. The van der Waals surface area contributed by atoms with Crippen LogP contribution >= 0.6 is 15.9 Å². The van der Waals surface area contributed by atoms with Gasteiger partial charge in [0.05, 0.1) is 0 Å². The summed E-state index contributed by atoms with van der Waals surface area (Å²) in [5.74, 6) is -1.23. The summed E-state index contributed by atoms with van der Waals surface area (Å²) in [6.45, 7) is 0. The lowest BCUT2D eigenvalue weighted by Gasteiger charge is -2.21. The van der Waals surface area contributed by atoms with Crippen molar-refractivity contribution in [3.8, 4) is 0 Å². The molecule has 1 aromatic heterocycles. The molecule has 0 saturated carbocycles. The van der Waals surface area contributed by atoms with Gasteiger partial charge in [0.25, 0.3) is 5.91 Å². The minimum absolute atomic E-state index is 0.217. The molecule has 3 amide bonds. The van der Waals surface area contributed by atoms with Crippen LogP contribution in [0, 0.1) is 0 Å². The third-order valence-electron chi connectivity index (χ3n) is 2.49. The third kappa shape index (κ3) is 2.92. The molecule has 0 radical (unpaired) electrons. The van der Waals surface area contributed by atoms with E-state index in [1.807, 2.05) is 0 Å². The molecule has 2 rings (SSSR count). The van der Waals surface area contributed by atoms with Crippen LogP contribution in [0.15, 0.2) is 22.8 Å². The Labute approximate surface area is 111 Å². The molecule has 1 fully saturated rings. The number of imide groups is 1. The number of piperidine rings is 1. The predicted molar refractivity (Wildman–Crippen MR) is 65.6 cm³/mol. The van der Waals surface area contributed by atoms with Crippen LogP contribution in [0.1, 0.15) is 23.3 Å². The van der Waals surface area contributed by atoms with Crippen molar-refractivity contribution in [2.24, 2.45) is 0 Å². The highest BCUT2D eigenvalue weighted by Gasteiger charge is 2.28. The molecular formula is C11H10BrN3O3. The molecule has 94 valence electrons. The van der Waals surface area contributed by atoms with E-state index in [1.54, 1.807) is 18.2 Å². The molecule has 1 aliphatic heterocycles. The Bertz CT molecular complexity index is 518. The smallest absolute Gasteiger partial charge is 0.270 e. The molecule has 1 atom stereocenters. The van der Waals surface area contributed by atoms with E-state index in [2.05, 4.69) is 31.5 Å². The van der Waals surface area contributed by atoms with Gasteiger partial charge in [0.2, 0.25) is 11.8 Å². The van der Waals surface area contributed by atoms with Crippen molar-refractivity contribution in [1.29, 1.82) is 0 Å². The van der Waals surface area contributed by atoms with E-state index in [0.717, 1.165) is 0 Å². The number of rotatable bonds is 2. The summed E-state index contributed by atoms with van der Waals surface area (Å²) < 4.78 is 0.540. The Morgan fingerprint density at radius 3 is 2.89 bits per heavy atom. The number of hydrogen-bond donors (Lipinski definition) is 2. The van der Waals surface area contributed by atoms with Crippen LogP contribution in [0.5, 0.6) is 0 Å². The first kappa shape index (κ1) is 12.7. The fraction of sp³-hybridized carbons (Fsp3) is 0.273. The number of carbonyl (C=O) groups is 3. The maximum absolute atomic E-state index is 11.8. The van der Waals surface area contributed by atoms with Crippen molar-refractivity contribution < 1.29 is 14.4 Å². The maximum atomic E-state index is 11.8. The summed E-state index contributed by atoms with van der Waals surface area (Å²) >= 11 is 3.16. The van der Waals surface area contributed by atoms with E-state index in [1.165, 1.54) is 0 Å². The molecule has 2 heterocycles. The first-order chi connectivity index (χ1) is 8.56. The van der Waals surface area contributed by atoms with Gasteiger partial charge in [-0.15, -0.1) is 0 Å². The minimum Gasteiger partial charge on any atom is -0.339 e. The third-order valence-corrected chi connectivity index (χ3v) is 2.93. The Morgan fingerprint density at radius 1 is 1.44 bits per heavy atom. The van der Waals surface area contributed by atoms with E-state index < -0.39 is 17.9 Å². The van der Waals surface area contributed by atoms with Gasteiger partial charge < -0.3 is 5.32 Å². The number of nitrogens with zero attached hydrogens (tertiary/aromatic N) is 1. The van der Waals surface area contributed by atoms with Crippen LogP contribution in [0.3, 0.4) is 0 Å². The molecule has 7 heteroatoms. The largest absolute Gasteiger partial charge is 0.339 e. The van der Waals surface area contributed by atoms with Gasteiger partial charge in [-0.2, -0.15) is 0 Å². The van der Waals surface area contributed by atoms with E-state index in [-0.39, 0.29) is 18.0 Å². The molecule has 1 aliphatic rings. The zero-order valence-electron chi connectivity index (χ0n) is 9.27. The van der Waals surface area contributed by atoms with Crippen LogP contribution < -0.4 is 10.6 Å². The monoisotopic (exact) mass is 311 g/mol. The highest BCUT2D eigenvalue weighted by molar-refractivity contribution is 9.10. The van der Waals surface area contributed by atoms with Crippen LogP contribution in [0.2, 0.25) is 0 Å². The van der Waals surface area contributed by atoms with E-state index in [9.17, 15) is 14.4 Å². The van der Waals surface area contributed by atoms with Gasteiger partial charge in [-0.25, -0.2) is 4.98 Å². The number of aromatic nitrogens is 1. The molecule has 18 heavy (non-hydrogen) atoms. The number of amides is 3. The number of nitrogens with one attached hydrogen (secondary N) is 2. The molecule has 2 N–H and O–H groups in total. The lowest BCUT2D eigenvalue weighted by atomic mass is 10.1. The fourth-order valence-electron chi connectivity index (χ4n) is 1.60. The fourth-order valence-corrected chi connectivity index (χ4v) is 1.94. The highest BCUT2D eigenvalue weighted by Crippen LogP contribution is 2.08. The number of pyridine rings is 1. The van der Waals surface area contributed by atoms with Crippen LogP contribution in [-0.4, -0.2) is 28.7 Å². The van der Waals surface area contributed by atoms with Gasteiger partial charge in [-0.3, -0.25) is 19.7 Å². The maximum Gasteiger partial charge on any atom is 0.270 e. The topological polar surface area (TPSA) is 88.2 Å². The van der Waals surface area contributed by atoms with Gasteiger partial charge in [0.1, 0.15) is 16.3 Å². The number of hydrogen-bond acceptors (Lipinski definition) is 4. The zero-order chi connectivity index (χ0) is 13.1. The number of halogens is 1. The van der Waals surface area contributed by atoms with Crippen molar-refractivity contribution in [2.45, 2.75) is 18.9 Å². The molecule has 6 nitrogen and oxygen atoms in total. The van der Waals surface area contributed by atoms with Gasteiger partial charge >= 0.3 is 0 Å². The molecule has 1 unspecified atom stereocenters. The first-order valence-corrected chi connectivity index (χ1v) is 6.12. The molecule has 1 aromatic rings. The second-order valence-electron chi connectivity index (χ2n) is 3.82. The van der Waals surface area contributed by atoms with Crippen molar-refractivity contribution >= 4 is 33.7 Å². The van der Waals surface area contributed by atoms with Crippen LogP contribution in [0.4, 0.5) is 0 Å².